The highest BCUT2D eigenvalue weighted by atomic mass is 16.6. The van der Waals surface area contributed by atoms with Crippen LogP contribution >= 0.6 is 0 Å². The number of esters is 1. The Morgan fingerprint density at radius 3 is 2.38 bits per heavy atom. The molecule has 0 radical (unpaired) electrons. The van der Waals surface area contributed by atoms with Crippen LogP contribution < -0.4 is 0 Å². The first-order valence-electron chi connectivity index (χ1n) is 5.64. The highest BCUT2D eigenvalue weighted by Crippen LogP contribution is 2.70. The van der Waals surface area contributed by atoms with Crippen LogP contribution in [0.4, 0.5) is 0 Å². The van der Waals surface area contributed by atoms with Crippen LogP contribution in [0.5, 0.6) is 0 Å². The van der Waals surface area contributed by atoms with Crippen molar-refractivity contribution < 1.29 is 19.7 Å². The largest absolute Gasteiger partial charge is 0.453 e. The van der Waals surface area contributed by atoms with Crippen molar-refractivity contribution in [3.05, 3.63) is 12.2 Å². The number of carbonyl (C=O) groups excluding carboxylic acids is 1. The van der Waals surface area contributed by atoms with E-state index in [4.69, 9.17) is 4.74 Å². The molecule has 0 heterocycles. The van der Waals surface area contributed by atoms with Crippen molar-refractivity contribution in [1.82, 2.24) is 0 Å². The van der Waals surface area contributed by atoms with E-state index in [0.717, 1.165) is 0 Å². The average molecular weight is 224 g/mol. The number of ether oxygens (including phenoxy) is 1. The van der Waals surface area contributed by atoms with E-state index in [1.54, 1.807) is 6.92 Å². The molecule has 0 aromatic carbocycles. The highest BCUT2D eigenvalue weighted by Gasteiger charge is 2.79. The molecule has 88 valence electrons. The van der Waals surface area contributed by atoms with Crippen molar-refractivity contribution in [1.29, 1.82) is 0 Å². The molecule has 4 atom stereocenters. The van der Waals surface area contributed by atoms with Gasteiger partial charge in [0.2, 0.25) is 0 Å². The summed E-state index contributed by atoms with van der Waals surface area (Å²) < 4.78 is 5.42. The van der Waals surface area contributed by atoms with Gasteiger partial charge in [0, 0.05) is 18.4 Å². The van der Waals surface area contributed by atoms with Crippen LogP contribution in [0.15, 0.2) is 12.2 Å². The van der Waals surface area contributed by atoms with Gasteiger partial charge in [0.15, 0.2) is 0 Å². The predicted octanol–water partition coefficient (Wildman–Crippen LogP) is 0.524. The molecular weight excluding hydrogens is 208 g/mol. The molecule has 0 amide bonds. The molecule has 4 fully saturated rings. The van der Waals surface area contributed by atoms with Gasteiger partial charge in [0.05, 0.1) is 5.60 Å². The average Bonchev–Trinajstić information content (AvgIpc) is 2.65. The molecule has 4 saturated carbocycles. The summed E-state index contributed by atoms with van der Waals surface area (Å²) in [6.07, 6.45) is 1.85. The number of rotatable bonds is 2. The zero-order valence-corrected chi connectivity index (χ0v) is 9.32. The smallest absolute Gasteiger partial charge is 0.333 e. The molecule has 0 aromatic heterocycles. The standard InChI is InChI=1S/C12H16O4/c1-7(2)9(13)16-12-4-8-3-11(12,15)5-10(8,14)6-12/h8,14-15H,1,3-6H2,2H3. The van der Waals surface area contributed by atoms with Gasteiger partial charge in [-0.15, -0.1) is 0 Å². The summed E-state index contributed by atoms with van der Waals surface area (Å²) in [4.78, 5) is 11.6. The topological polar surface area (TPSA) is 66.8 Å². The van der Waals surface area contributed by atoms with E-state index in [0.29, 0.717) is 31.3 Å². The Hall–Kier alpha value is -0.870. The normalized spacial score (nSPS) is 52.3. The third kappa shape index (κ3) is 0.949. The first kappa shape index (κ1) is 10.3. The van der Waals surface area contributed by atoms with E-state index in [-0.39, 0.29) is 5.92 Å². The summed E-state index contributed by atoms with van der Waals surface area (Å²) in [6, 6.07) is 0. The van der Waals surface area contributed by atoms with Gasteiger partial charge in [-0.1, -0.05) is 6.58 Å². The van der Waals surface area contributed by atoms with Crippen LogP contribution in [0.3, 0.4) is 0 Å². The number of hydrogen-bond acceptors (Lipinski definition) is 4. The van der Waals surface area contributed by atoms with Gasteiger partial charge in [0.25, 0.3) is 0 Å². The van der Waals surface area contributed by atoms with Crippen LogP contribution in [0.2, 0.25) is 0 Å². The van der Waals surface area contributed by atoms with Crippen LogP contribution in [-0.2, 0) is 9.53 Å². The Balaban J connectivity index is 1.92. The summed E-state index contributed by atoms with van der Waals surface area (Å²) >= 11 is 0. The minimum Gasteiger partial charge on any atom is -0.453 e. The molecule has 16 heavy (non-hydrogen) atoms. The minimum absolute atomic E-state index is 0.0791. The van der Waals surface area contributed by atoms with Gasteiger partial charge in [-0.25, -0.2) is 4.79 Å². The lowest BCUT2D eigenvalue weighted by atomic mass is 9.89. The molecule has 4 aliphatic rings. The van der Waals surface area contributed by atoms with Crippen LogP contribution in [0, 0.1) is 5.92 Å². The molecule has 0 aliphatic heterocycles. The van der Waals surface area contributed by atoms with E-state index >= 15 is 0 Å². The maximum atomic E-state index is 11.6. The van der Waals surface area contributed by atoms with Crippen molar-refractivity contribution in [2.24, 2.45) is 5.92 Å². The highest BCUT2D eigenvalue weighted by molar-refractivity contribution is 5.87. The number of aliphatic hydroxyl groups is 2. The van der Waals surface area contributed by atoms with Gasteiger partial charge in [-0.3, -0.25) is 0 Å². The molecule has 4 nitrogen and oxygen atoms in total. The van der Waals surface area contributed by atoms with Crippen molar-refractivity contribution in [3.8, 4) is 0 Å². The lowest BCUT2D eigenvalue weighted by Gasteiger charge is -2.35. The summed E-state index contributed by atoms with van der Waals surface area (Å²) in [7, 11) is 0. The fourth-order valence-electron chi connectivity index (χ4n) is 3.89. The second-order valence-corrected chi connectivity index (χ2v) is 5.76. The Morgan fingerprint density at radius 1 is 1.38 bits per heavy atom. The van der Waals surface area contributed by atoms with E-state index in [1.165, 1.54) is 0 Å². The molecule has 4 bridgehead atoms. The molecular formula is C12H16O4. The van der Waals surface area contributed by atoms with Crippen molar-refractivity contribution in [2.45, 2.75) is 49.4 Å². The monoisotopic (exact) mass is 224 g/mol. The lowest BCUT2D eigenvalue weighted by molar-refractivity contribution is -0.176. The second kappa shape index (κ2) is 2.51. The van der Waals surface area contributed by atoms with Gasteiger partial charge in [0.1, 0.15) is 11.2 Å². The first-order chi connectivity index (χ1) is 7.30. The van der Waals surface area contributed by atoms with E-state index < -0.39 is 22.8 Å². The quantitative estimate of drug-likeness (QED) is 0.530. The Labute approximate surface area is 93.9 Å². The molecule has 0 saturated heterocycles. The van der Waals surface area contributed by atoms with Crippen LogP contribution in [-0.4, -0.2) is 33.0 Å². The number of carbonyl (C=O) groups is 1. The van der Waals surface area contributed by atoms with Gasteiger partial charge < -0.3 is 14.9 Å². The third-order valence-corrected chi connectivity index (χ3v) is 4.60. The SMILES string of the molecule is C=C(C)C(=O)OC12CC3CC1(O)CC3(O)C2. The van der Waals surface area contributed by atoms with E-state index in [9.17, 15) is 15.0 Å². The maximum Gasteiger partial charge on any atom is 0.333 e. The van der Waals surface area contributed by atoms with Gasteiger partial charge >= 0.3 is 5.97 Å². The fraction of sp³-hybridized carbons (Fsp3) is 0.750. The number of hydrogen-bond donors (Lipinski definition) is 2. The Bertz CT molecular complexity index is 404. The molecule has 0 aromatic rings. The zero-order chi connectivity index (χ0) is 11.8. The zero-order valence-electron chi connectivity index (χ0n) is 9.32. The second-order valence-electron chi connectivity index (χ2n) is 5.76. The fourth-order valence-corrected chi connectivity index (χ4v) is 3.89. The minimum atomic E-state index is -1.02. The molecule has 4 unspecified atom stereocenters. The Morgan fingerprint density at radius 2 is 2.06 bits per heavy atom. The van der Waals surface area contributed by atoms with Crippen molar-refractivity contribution in [3.63, 3.8) is 0 Å². The molecule has 4 rings (SSSR count). The Kier molecular flexibility index (Phi) is 1.62. The molecule has 4 heteroatoms. The van der Waals surface area contributed by atoms with Crippen LogP contribution in [0.1, 0.15) is 32.6 Å². The third-order valence-electron chi connectivity index (χ3n) is 4.60. The summed E-state index contributed by atoms with van der Waals surface area (Å²) in [5, 5.41) is 20.7. The van der Waals surface area contributed by atoms with Gasteiger partial charge in [-0.2, -0.15) is 0 Å². The summed E-state index contributed by atoms with van der Waals surface area (Å²) in [5.74, 6) is -0.388. The maximum absolute atomic E-state index is 11.6. The summed E-state index contributed by atoms with van der Waals surface area (Å²) in [5.41, 5.74) is -2.36. The van der Waals surface area contributed by atoms with Crippen molar-refractivity contribution >= 4 is 5.97 Å². The molecule has 2 N–H and O–H groups in total. The predicted molar refractivity (Wildman–Crippen MR) is 55.5 cm³/mol. The molecule has 4 aliphatic carbocycles. The first-order valence-corrected chi connectivity index (χ1v) is 5.64. The molecule has 0 spiro atoms. The van der Waals surface area contributed by atoms with Crippen LogP contribution in [0.25, 0.3) is 0 Å². The van der Waals surface area contributed by atoms with Gasteiger partial charge in [-0.05, 0) is 25.7 Å². The lowest BCUT2D eigenvalue weighted by Crippen LogP contribution is -2.48. The van der Waals surface area contributed by atoms with Crippen molar-refractivity contribution in [2.75, 3.05) is 0 Å². The van der Waals surface area contributed by atoms with E-state index in [1.807, 2.05) is 0 Å². The summed E-state index contributed by atoms with van der Waals surface area (Å²) in [6.45, 7) is 5.12. The van der Waals surface area contributed by atoms with E-state index in [2.05, 4.69) is 6.58 Å².